The quantitative estimate of drug-likeness (QED) is 0.245. The van der Waals surface area contributed by atoms with Crippen LogP contribution in [0.2, 0.25) is 0 Å². The van der Waals surface area contributed by atoms with Crippen LogP contribution >= 0.6 is 0 Å². The first-order valence-corrected chi connectivity index (χ1v) is 13.8. The van der Waals surface area contributed by atoms with E-state index in [0.29, 0.717) is 13.1 Å². The van der Waals surface area contributed by atoms with Crippen LogP contribution in [0.1, 0.15) is 16.8 Å². The Hall–Kier alpha value is -4.40. The molecule has 8 heteroatoms. The first-order valence-electron chi connectivity index (χ1n) is 13.8. The highest BCUT2D eigenvalue weighted by molar-refractivity contribution is 5.92. The Morgan fingerprint density at radius 2 is 1.73 bits per heavy atom. The molecule has 212 valence electrons. The number of amides is 1. The molecule has 1 amide bonds. The number of nitrogens with zero attached hydrogens (tertiary/aromatic N) is 4. The minimum Gasteiger partial charge on any atom is -0.493 e. The van der Waals surface area contributed by atoms with E-state index in [9.17, 15) is 4.79 Å². The van der Waals surface area contributed by atoms with Crippen molar-refractivity contribution in [3.05, 3.63) is 103 Å². The molecule has 1 aliphatic heterocycles. The molecule has 5 rings (SSSR count). The van der Waals surface area contributed by atoms with Gasteiger partial charge in [0.05, 0.1) is 32.2 Å². The number of ether oxygens (including phenoxy) is 2. The summed E-state index contributed by atoms with van der Waals surface area (Å²) in [6.07, 6.45) is 6.58. The second-order valence-electron chi connectivity index (χ2n) is 10.2. The van der Waals surface area contributed by atoms with Crippen molar-refractivity contribution in [2.45, 2.75) is 19.5 Å². The fourth-order valence-corrected chi connectivity index (χ4v) is 5.40. The van der Waals surface area contributed by atoms with Gasteiger partial charge in [0.1, 0.15) is 5.65 Å². The summed E-state index contributed by atoms with van der Waals surface area (Å²) < 4.78 is 13.2. The van der Waals surface area contributed by atoms with Gasteiger partial charge in [-0.25, -0.2) is 4.98 Å². The Bertz CT molecular complexity index is 1530. The molecule has 1 N–H and O–H groups in total. The molecule has 0 bridgehead atoms. The molecular formula is C33H37N5O3. The highest BCUT2D eigenvalue weighted by Gasteiger charge is 2.23. The normalized spacial score (nSPS) is 13.1. The molecule has 3 heterocycles. The van der Waals surface area contributed by atoms with Crippen LogP contribution in [0.3, 0.4) is 0 Å². The van der Waals surface area contributed by atoms with Gasteiger partial charge in [0, 0.05) is 50.2 Å². The first kappa shape index (κ1) is 28.1. The van der Waals surface area contributed by atoms with E-state index in [-0.39, 0.29) is 12.5 Å². The van der Waals surface area contributed by atoms with E-state index in [0.717, 1.165) is 65.8 Å². The molecule has 0 atom stereocenters. The summed E-state index contributed by atoms with van der Waals surface area (Å²) in [5.41, 5.74) is 7.28. The minimum atomic E-state index is -0.0745. The van der Waals surface area contributed by atoms with Crippen molar-refractivity contribution < 1.29 is 14.3 Å². The molecule has 2 aromatic carbocycles. The Kier molecular flexibility index (Phi) is 8.82. The Balaban J connectivity index is 1.36. The summed E-state index contributed by atoms with van der Waals surface area (Å²) in [5.74, 6) is 1.45. The lowest BCUT2D eigenvalue weighted by molar-refractivity contribution is -0.117. The van der Waals surface area contributed by atoms with Crippen LogP contribution in [0.15, 0.2) is 86.1 Å². The number of carbonyl (C=O) groups excluding carboxylic acids is 1. The Labute approximate surface area is 241 Å². The molecule has 0 saturated heterocycles. The number of hydrogen-bond acceptors (Lipinski definition) is 6. The zero-order valence-corrected chi connectivity index (χ0v) is 23.8. The van der Waals surface area contributed by atoms with Crippen molar-refractivity contribution in [1.82, 2.24) is 19.2 Å². The summed E-state index contributed by atoms with van der Waals surface area (Å²) >= 11 is 0. The summed E-state index contributed by atoms with van der Waals surface area (Å²) in [4.78, 5) is 22.0. The highest BCUT2D eigenvalue weighted by atomic mass is 16.5. The minimum absolute atomic E-state index is 0.0745. The third-order valence-corrected chi connectivity index (χ3v) is 7.38. The molecule has 41 heavy (non-hydrogen) atoms. The maximum atomic E-state index is 12.6. The third-order valence-electron chi connectivity index (χ3n) is 7.38. The number of fused-ring (bicyclic) bond motifs is 2. The zero-order chi connectivity index (χ0) is 28.8. The molecule has 0 fully saturated rings. The summed E-state index contributed by atoms with van der Waals surface area (Å²) in [6.45, 7) is 11.5. The highest BCUT2D eigenvalue weighted by Crippen LogP contribution is 2.34. The van der Waals surface area contributed by atoms with Gasteiger partial charge in [-0.15, -0.1) is 13.2 Å². The van der Waals surface area contributed by atoms with E-state index >= 15 is 0 Å². The maximum Gasteiger partial charge on any atom is 0.238 e. The fourth-order valence-electron chi connectivity index (χ4n) is 5.40. The van der Waals surface area contributed by atoms with Gasteiger partial charge in [-0.1, -0.05) is 30.4 Å². The predicted molar refractivity (Wildman–Crippen MR) is 163 cm³/mol. The maximum absolute atomic E-state index is 12.6. The number of anilines is 1. The fraction of sp³-hybridized carbons (Fsp3) is 0.273. The van der Waals surface area contributed by atoms with Crippen molar-refractivity contribution >= 4 is 17.2 Å². The van der Waals surface area contributed by atoms with Gasteiger partial charge < -0.3 is 19.2 Å². The van der Waals surface area contributed by atoms with Crippen LogP contribution in [0.25, 0.3) is 16.9 Å². The van der Waals surface area contributed by atoms with Gasteiger partial charge in [-0.2, -0.15) is 0 Å². The van der Waals surface area contributed by atoms with E-state index in [4.69, 9.17) is 14.5 Å². The molecule has 0 aliphatic carbocycles. The van der Waals surface area contributed by atoms with E-state index in [1.165, 1.54) is 11.1 Å². The zero-order valence-electron chi connectivity index (χ0n) is 23.8. The Morgan fingerprint density at radius 1 is 1.02 bits per heavy atom. The van der Waals surface area contributed by atoms with E-state index in [2.05, 4.69) is 46.1 Å². The topological polar surface area (TPSA) is 71.3 Å². The summed E-state index contributed by atoms with van der Waals surface area (Å²) in [5, 5.41) is 3.00. The lowest BCUT2D eigenvalue weighted by Gasteiger charge is -2.29. The lowest BCUT2D eigenvalue weighted by Crippen LogP contribution is -2.33. The predicted octanol–water partition coefficient (Wildman–Crippen LogP) is 5.19. The van der Waals surface area contributed by atoms with Gasteiger partial charge in [0.15, 0.2) is 11.5 Å². The average Bonchev–Trinajstić information content (AvgIpc) is 3.35. The van der Waals surface area contributed by atoms with Gasteiger partial charge in [0.25, 0.3) is 0 Å². The van der Waals surface area contributed by atoms with Crippen LogP contribution in [0, 0.1) is 0 Å². The van der Waals surface area contributed by atoms with Gasteiger partial charge in [0.2, 0.25) is 5.91 Å². The van der Waals surface area contributed by atoms with Crippen LogP contribution in [-0.2, 0) is 24.3 Å². The van der Waals surface area contributed by atoms with Crippen molar-refractivity contribution in [3.63, 3.8) is 0 Å². The standard InChI is InChI=1S/C33H37N5O3/c1-5-15-36(16-6-2)23-32(39)34-27-12-10-24(11-13-27)33-28(38-17-8-7-9-31(38)35-33)22-37-18-14-25-19-29(40-3)30(41-4)20-26(25)21-37/h5-13,17,19-20H,1-2,14-16,18,21-23H2,3-4H3,(H,34,39). The third kappa shape index (κ3) is 6.34. The first-order chi connectivity index (χ1) is 20.0. The Morgan fingerprint density at radius 3 is 2.41 bits per heavy atom. The molecule has 0 radical (unpaired) electrons. The van der Waals surface area contributed by atoms with Crippen LogP contribution < -0.4 is 14.8 Å². The smallest absolute Gasteiger partial charge is 0.238 e. The van der Waals surface area contributed by atoms with Gasteiger partial charge in [-0.05, 0) is 53.9 Å². The average molecular weight is 552 g/mol. The van der Waals surface area contributed by atoms with Crippen LogP contribution in [0.5, 0.6) is 11.5 Å². The molecule has 0 saturated carbocycles. The summed E-state index contributed by atoms with van der Waals surface area (Å²) in [7, 11) is 3.35. The number of aromatic nitrogens is 2. The molecule has 0 spiro atoms. The number of imidazole rings is 1. The van der Waals surface area contributed by atoms with Crippen LogP contribution in [-0.4, -0.2) is 65.5 Å². The number of rotatable bonds is 12. The van der Waals surface area contributed by atoms with E-state index in [1.807, 2.05) is 47.4 Å². The van der Waals surface area contributed by atoms with Crippen molar-refractivity contribution in [1.29, 1.82) is 0 Å². The van der Waals surface area contributed by atoms with Crippen LogP contribution in [0.4, 0.5) is 5.69 Å². The molecule has 4 aromatic rings. The SMILES string of the molecule is C=CCN(CC=C)CC(=O)Nc1ccc(-c2nc3ccccn3c2CN2CCc3cc(OC)c(OC)cc3C2)cc1. The van der Waals surface area contributed by atoms with Crippen molar-refractivity contribution in [3.8, 4) is 22.8 Å². The lowest BCUT2D eigenvalue weighted by atomic mass is 9.98. The number of pyridine rings is 1. The van der Waals surface area contributed by atoms with E-state index < -0.39 is 0 Å². The monoisotopic (exact) mass is 551 g/mol. The molecule has 0 unspecified atom stereocenters. The van der Waals surface area contributed by atoms with Gasteiger partial charge >= 0.3 is 0 Å². The molecular weight excluding hydrogens is 514 g/mol. The second kappa shape index (κ2) is 12.8. The molecule has 8 nitrogen and oxygen atoms in total. The van der Waals surface area contributed by atoms with Crippen molar-refractivity contribution in [2.75, 3.05) is 45.7 Å². The van der Waals surface area contributed by atoms with Crippen molar-refractivity contribution in [2.24, 2.45) is 0 Å². The van der Waals surface area contributed by atoms with Gasteiger partial charge in [-0.3, -0.25) is 14.6 Å². The number of benzene rings is 2. The molecule has 1 aliphatic rings. The number of hydrogen-bond donors (Lipinski definition) is 1. The largest absolute Gasteiger partial charge is 0.493 e. The summed E-state index contributed by atoms with van der Waals surface area (Å²) in [6, 6.07) is 18.2. The second-order valence-corrected chi connectivity index (χ2v) is 10.2. The number of carbonyl (C=O) groups is 1. The van der Waals surface area contributed by atoms with E-state index in [1.54, 1.807) is 26.4 Å². The molecule has 2 aromatic heterocycles. The number of nitrogens with one attached hydrogen (secondary N) is 1. The number of methoxy groups -OCH3 is 2.